The number of rotatable bonds is 14. The molecule has 0 radical (unpaired) electrons. The third-order valence-corrected chi connectivity index (χ3v) is 6.23. The first kappa shape index (κ1) is 26.9. The largest absolute Gasteiger partial charge is 0.379 e. The summed E-state index contributed by atoms with van der Waals surface area (Å²) in [4.78, 5) is 41.3. The second-order valence-corrected chi connectivity index (χ2v) is 10.6. The SMILES string of the molecule is CC(C)(C)CC(=O)CCCOCCOCCNC(=O)c1csc(C(=O)C2=CCc3ccccc32)n1. The van der Waals surface area contributed by atoms with Gasteiger partial charge in [0.15, 0.2) is 5.01 Å². The molecule has 2 aromatic rings. The predicted molar refractivity (Wildman–Crippen MR) is 137 cm³/mol. The fraction of sp³-hybridized carbons (Fsp3) is 0.481. The van der Waals surface area contributed by atoms with E-state index < -0.39 is 0 Å². The molecule has 0 unspecified atom stereocenters. The molecule has 0 fully saturated rings. The van der Waals surface area contributed by atoms with E-state index in [2.05, 4.69) is 31.1 Å². The van der Waals surface area contributed by atoms with Crippen LogP contribution in [0.15, 0.2) is 35.7 Å². The number of ether oxygens (including phenoxy) is 2. The topological polar surface area (TPSA) is 94.6 Å². The fourth-order valence-corrected chi connectivity index (χ4v) is 4.55. The lowest BCUT2D eigenvalue weighted by Gasteiger charge is -2.16. The van der Waals surface area contributed by atoms with Crippen molar-refractivity contribution in [3.63, 3.8) is 0 Å². The average Bonchev–Trinajstić information content (AvgIpc) is 3.46. The molecule has 1 aliphatic rings. The Morgan fingerprint density at radius 2 is 1.80 bits per heavy atom. The molecule has 0 saturated carbocycles. The molecule has 1 aromatic carbocycles. The van der Waals surface area contributed by atoms with Crippen LogP contribution in [0, 0.1) is 5.41 Å². The van der Waals surface area contributed by atoms with E-state index in [4.69, 9.17) is 9.47 Å². The molecule has 35 heavy (non-hydrogen) atoms. The summed E-state index contributed by atoms with van der Waals surface area (Å²) in [6.07, 6.45) is 4.50. The number of hydrogen-bond acceptors (Lipinski definition) is 7. The van der Waals surface area contributed by atoms with E-state index in [-0.39, 0.29) is 28.6 Å². The summed E-state index contributed by atoms with van der Waals surface area (Å²) in [5.74, 6) is -0.215. The third-order valence-electron chi connectivity index (χ3n) is 5.39. The Hall–Kier alpha value is -2.68. The Bertz CT molecular complexity index is 1070. The van der Waals surface area contributed by atoms with Gasteiger partial charge in [-0.05, 0) is 29.4 Å². The number of aromatic nitrogens is 1. The molecule has 1 heterocycles. The van der Waals surface area contributed by atoms with E-state index in [0.717, 1.165) is 17.5 Å². The van der Waals surface area contributed by atoms with Crippen molar-refractivity contribution in [3.8, 4) is 0 Å². The molecule has 1 N–H and O–H groups in total. The van der Waals surface area contributed by atoms with Crippen molar-refractivity contribution in [1.29, 1.82) is 0 Å². The molecular weight excluding hydrogens is 464 g/mol. The maximum absolute atomic E-state index is 12.9. The quantitative estimate of drug-likeness (QED) is 0.304. The van der Waals surface area contributed by atoms with Crippen LogP contribution in [-0.4, -0.2) is 55.4 Å². The number of Topliss-reactive ketones (excluding diaryl/α,β-unsaturated/α-hetero) is 2. The van der Waals surface area contributed by atoms with Crippen molar-refractivity contribution in [2.75, 3.05) is 33.0 Å². The van der Waals surface area contributed by atoms with Crippen LogP contribution in [0.1, 0.15) is 71.5 Å². The van der Waals surface area contributed by atoms with Gasteiger partial charge in [0.1, 0.15) is 11.5 Å². The van der Waals surface area contributed by atoms with Gasteiger partial charge >= 0.3 is 0 Å². The summed E-state index contributed by atoms with van der Waals surface area (Å²) in [5.41, 5.74) is 2.97. The zero-order valence-corrected chi connectivity index (χ0v) is 21.5. The van der Waals surface area contributed by atoms with Gasteiger partial charge in [0.2, 0.25) is 5.78 Å². The standard InChI is InChI=1S/C27H34N2O5S/c1-27(2,3)17-20(30)8-6-13-33-15-16-34-14-12-28-25(32)23-18-35-26(29-23)24(31)22-11-10-19-7-4-5-9-21(19)22/h4-5,7,9,11,18H,6,8,10,12-17H2,1-3H3,(H,28,32). The number of ketones is 2. The molecule has 1 amide bonds. The van der Waals surface area contributed by atoms with E-state index in [0.29, 0.717) is 62.8 Å². The van der Waals surface area contributed by atoms with Gasteiger partial charge in [-0.1, -0.05) is 51.1 Å². The van der Waals surface area contributed by atoms with Crippen LogP contribution in [0.5, 0.6) is 0 Å². The highest BCUT2D eigenvalue weighted by molar-refractivity contribution is 7.12. The Morgan fingerprint density at radius 1 is 1.06 bits per heavy atom. The summed E-state index contributed by atoms with van der Waals surface area (Å²) in [7, 11) is 0. The van der Waals surface area contributed by atoms with Crippen LogP contribution >= 0.6 is 11.3 Å². The normalized spacial score (nSPS) is 12.8. The van der Waals surface area contributed by atoms with Crippen molar-refractivity contribution in [1.82, 2.24) is 10.3 Å². The maximum Gasteiger partial charge on any atom is 0.270 e. The van der Waals surface area contributed by atoms with Crippen LogP contribution in [0.25, 0.3) is 5.57 Å². The second kappa shape index (κ2) is 12.9. The predicted octanol–water partition coefficient (Wildman–Crippen LogP) is 4.51. The van der Waals surface area contributed by atoms with Gasteiger partial charge in [-0.2, -0.15) is 0 Å². The Labute approximate surface area is 210 Å². The molecule has 0 spiro atoms. The molecule has 0 saturated heterocycles. The number of nitrogens with zero attached hydrogens (tertiary/aromatic N) is 1. The zero-order valence-electron chi connectivity index (χ0n) is 20.7. The van der Waals surface area contributed by atoms with Crippen LogP contribution in [-0.2, 0) is 20.7 Å². The minimum Gasteiger partial charge on any atom is -0.379 e. The van der Waals surface area contributed by atoms with E-state index >= 15 is 0 Å². The highest BCUT2D eigenvalue weighted by Gasteiger charge is 2.24. The van der Waals surface area contributed by atoms with Gasteiger partial charge < -0.3 is 14.8 Å². The second-order valence-electron chi connectivity index (χ2n) is 9.71. The van der Waals surface area contributed by atoms with E-state index in [1.54, 1.807) is 5.38 Å². The van der Waals surface area contributed by atoms with Gasteiger partial charge in [0.25, 0.3) is 5.91 Å². The molecule has 0 aliphatic heterocycles. The van der Waals surface area contributed by atoms with Crippen LogP contribution < -0.4 is 5.32 Å². The van der Waals surface area contributed by atoms with Gasteiger partial charge in [-0.3, -0.25) is 14.4 Å². The van der Waals surface area contributed by atoms with Crippen molar-refractivity contribution < 1.29 is 23.9 Å². The Morgan fingerprint density at radius 3 is 2.57 bits per heavy atom. The highest BCUT2D eigenvalue weighted by Crippen LogP contribution is 2.30. The Balaban J connectivity index is 1.27. The van der Waals surface area contributed by atoms with Crippen molar-refractivity contribution in [2.45, 2.75) is 46.5 Å². The maximum atomic E-state index is 12.9. The Kier molecular flexibility index (Phi) is 9.89. The number of fused-ring (bicyclic) bond motifs is 1. The number of carbonyl (C=O) groups excluding carboxylic acids is 3. The fourth-order valence-electron chi connectivity index (χ4n) is 3.80. The number of nitrogens with one attached hydrogen (secondary N) is 1. The molecule has 1 aromatic heterocycles. The number of thiazole rings is 1. The van der Waals surface area contributed by atoms with Gasteiger partial charge in [-0.15, -0.1) is 11.3 Å². The zero-order chi connectivity index (χ0) is 25.3. The van der Waals surface area contributed by atoms with E-state index in [1.165, 1.54) is 11.3 Å². The van der Waals surface area contributed by atoms with Crippen LogP contribution in [0.2, 0.25) is 0 Å². The summed E-state index contributed by atoms with van der Waals surface area (Å²) < 4.78 is 11.0. The number of benzene rings is 1. The van der Waals surface area contributed by atoms with Crippen molar-refractivity contribution in [2.24, 2.45) is 5.41 Å². The molecule has 3 rings (SSSR count). The molecule has 7 nitrogen and oxygen atoms in total. The van der Waals surface area contributed by atoms with Gasteiger partial charge in [0, 0.05) is 36.9 Å². The lowest BCUT2D eigenvalue weighted by Crippen LogP contribution is -2.28. The summed E-state index contributed by atoms with van der Waals surface area (Å²) in [5, 5.41) is 4.67. The van der Waals surface area contributed by atoms with Crippen molar-refractivity contribution in [3.05, 3.63) is 57.6 Å². The van der Waals surface area contributed by atoms with E-state index in [1.807, 2.05) is 30.3 Å². The number of allylic oxidation sites excluding steroid dienone is 2. The molecular formula is C27H34N2O5S. The van der Waals surface area contributed by atoms with Crippen LogP contribution in [0.3, 0.4) is 0 Å². The first-order chi connectivity index (χ1) is 16.7. The van der Waals surface area contributed by atoms with Crippen LogP contribution in [0.4, 0.5) is 0 Å². The number of carbonyl (C=O) groups is 3. The molecule has 0 bridgehead atoms. The lowest BCUT2D eigenvalue weighted by atomic mass is 9.89. The van der Waals surface area contributed by atoms with Crippen molar-refractivity contribution >= 4 is 34.4 Å². The summed E-state index contributed by atoms with van der Waals surface area (Å²) in [6, 6.07) is 7.82. The highest BCUT2D eigenvalue weighted by atomic mass is 32.1. The molecule has 188 valence electrons. The van der Waals surface area contributed by atoms with Gasteiger partial charge in [-0.25, -0.2) is 4.98 Å². The lowest BCUT2D eigenvalue weighted by molar-refractivity contribution is -0.121. The molecule has 0 atom stereocenters. The molecule has 1 aliphatic carbocycles. The number of amides is 1. The smallest absolute Gasteiger partial charge is 0.270 e. The first-order valence-electron chi connectivity index (χ1n) is 12.0. The number of hydrogen-bond donors (Lipinski definition) is 1. The third kappa shape index (κ3) is 8.49. The van der Waals surface area contributed by atoms with Gasteiger partial charge in [0.05, 0.1) is 19.8 Å². The monoisotopic (exact) mass is 498 g/mol. The summed E-state index contributed by atoms with van der Waals surface area (Å²) in [6.45, 7) is 8.25. The molecule has 8 heteroatoms. The first-order valence-corrected chi connectivity index (χ1v) is 12.9. The summed E-state index contributed by atoms with van der Waals surface area (Å²) >= 11 is 1.18. The minimum absolute atomic E-state index is 0.0284. The average molecular weight is 499 g/mol. The minimum atomic E-state index is -0.333. The van der Waals surface area contributed by atoms with E-state index in [9.17, 15) is 14.4 Å².